The van der Waals surface area contributed by atoms with Gasteiger partial charge in [0.05, 0.1) is 13.7 Å². The number of hydrogen-bond donors (Lipinski definition) is 4. The molecule has 0 bridgehead atoms. The van der Waals surface area contributed by atoms with Crippen LogP contribution in [-0.2, 0) is 14.3 Å². The van der Waals surface area contributed by atoms with E-state index in [2.05, 4.69) is 15.4 Å². The minimum absolute atomic E-state index is 0.295. The van der Waals surface area contributed by atoms with Crippen molar-refractivity contribution in [2.45, 2.75) is 19.1 Å². The van der Waals surface area contributed by atoms with Crippen molar-refractivity contribution in [2.75, 3.05) is 13.7 Å². The number of aliphatic hydroxyl groups is 1. The second-order valence-electron chi connectivity index (χ2n) is 3.01. The first kappa shape index (κ1) is 14.2. The fourth-order valence-electron chi connectivity index (χ4n) is 0.849. The topological polar surface area (TPSA) is 131 Å². The third-order valence-electron chi connectivity index (χ3n) is 1.69. The van der Waals surface area contributed by atoms with E-state index in [4.69, 9.17) is 10.8 Å². The Labute approximate surface area is 92.1 Å². The van der Waals surface area contributed by atoms with E-state index in [-0.39, 0.29) is 6.54 Å². The molecule has 8 nitrogen and oxygen atoms in total. The molecule has 0 rings (SSSR count). The van der Waals surface area contributed by atoms with Gasteiger partial charge in [0.25, 0.3) is 0 Å². The number of hydrogen-bond acceptors (Lipinski definition) is 5. The number of methoxy groups -OCH3 is 1. The van der Waals surface area contributed by atoms with Crippen LogP contribution in [0.2, 0.25) is 0 Å². The lowest BCUT2D eigenvalue weighted by molar-refractivity contribution is -0.150. The number of carbonyl (C=O) groups is 3. The van der Waals surface area contributed by atoms with Crippen molar-refractivity contribution in [3.8, 4) is 0 Å². The molecule has 0 aliphatic rings. The number of urea groups is 1. The molecule has 0 aromatic heterocycles. The minimum atomic E-state index is -1.44. The molecule has 0 aliphatic heterocycles. The summed E-state index contributed by atoms with van der Waals surface area (Å²) >= 11 is 0. The van der Waals surface area contributed by atoms with Crippen LogP contribution in [-0.4, -0.2) is 48.8 Å². The molecule has 0 radical (unpaired) electrons. The van der Waals surface area contributed by atoms with Gasteiger partial charge in [0.1, 0.15) is 6.04 Å². The smallest absolute Gasteiger partial charge is 0.336 e. The van der Waals surface area contributed by atoms with E-state index in [0.29, 0.717) is 0 Å². The van der Waals surface area contributed by atoms with Crippen molar-refractivity contribution in [1.29, 1.82) is 0 Å². The van der Waals surface area contributed by atoms with Gasteiger partial charge in [-0.25, -0.2) is 9.59 Å². The van der Waals surface area contributed by atoms with E-state index in [1.165, 1.54) is 6.92 Å². The highest BCUT2D eigenvalue weighted by Crippen LogP contribution is 1.87. The van der Waals surface area contributed by atoms with E-state index in [1.54, 1.807) is 0 Å². The number of ether oxygens (including phenoxy) is 1. The number of esters is 1. The monoisotopic (exact) mass is 233 g/mol. The summed E-state index contributed by atoms with van der Waals surface area (Å²) in [4.78, 5) is 32.4. The Kier molecular flexibility index (Phi) is 5.86. The largest absolute Gasteiger partial charge is 0.467 e. The molecule has 0 spiro atoms. The number of aliphatic hydroxyl groups excluding tert-OH is 1. The first-order chi connectivity index (χ1) is 7.38. The molecule has 0 saturated carbocycles. The molecule has 16 heavy (non-hydrogen) atoms. The second kappa shape index (κ2) is 6.62. The van der Waals surface area contributed by atoms with Gasteiger partial charge < -0.3 is 26.2 Å². The SMILES string of the molecule is COC(=O)C(O)CNC(=O)C(C)NC(N)=O. The molecule has 5 N–H and O–H groups in total. The number of amides is 3. The first-order valence-corrected chi connectivity index (χ1v) is 4.48. The van der Waals surface area contributed by atoms with Crippen molar-refractivity contribution in [3.63, 3.8) is 0 Å². The summed E-state index contributed by atoms with van der Waals surface area (Å²) in [6.45, 7) is 1.11. The number of rotatable bonds is 5. The zero-order chi connectivity index (χ0) is 12.7. The third-order valence-corrected chi connectivity index (χ3v) is 1.69. The van der Waals surface area contributed by atoms with Crippen LogP contribution in [0.25, 0.3) is 0 Å². The number of carbonyl (C=O) groups excluding carboxylic acids is 3. The normalized spacial score (nSPS) is 13.4. The average Bonchev–Trinajstić information content (AvgIpc) is 2.23. The van der Waals surface area contributed by atoms with E-state index in [1.807, 2.05) is 0 Å². The summed E-state index contributed by atoms with van der Waals surface area (Å²) in [6, 6.07) is -1.68. The Balaban J connectivity index is 3.97. The van der Waals surface area contributed by atoms with E-state index in [0.717, 1.165) is 7.11 Å². The van der Waals surface area contributed by atoms with E-state index in [9.17, 15) is 14.4 Å². The molecule has 2 atom stereocenters. The van der Waals surface area contributed by atoms with Gasteiger partial charge in [0, 0.05) is 0 Å². The van der Waals surface area contributed by atoms with Gasteiger partial charge in [-0.3, -0.25) is 4.79 Å². The maximum absolute atomic E-state index is 11.2. The standard InChI is InChI=1S/C8H15N3O5/c1-4(11-8(9)15)6(13)10-3-5(12)7(14)16-2/h4-5,12H,3H2,1-2H3,(H,10,13)(H3,9,11,15). The quantitative estimate of drug-likeness (QED) is 0.396. The van der Waals surface area contributed by atoms with Crippen LogP contribution in [0.5, 0.6) is 0 Å². The van der Waals surface area contributed by atoms with Gasteiger partial charge >= 0.3 is 12.0 Å². The molecule has 0 aromatic rings. The summed E-state index contributed by atoms with van der Waals surface area (Å²) in [6.07, 6.45) is -1.44. The Morgan fingerprint density at radius 1 is 1.44 bits per heavy atom. The average molecular weight is 233 g/mol. The van der Waals surface area contributed by atoms with Crippen LogP contribution in [0.3, 0.4) is 0 Å². The Bertz CT molecular complexity index is 281. The molecule has 0 heterocycles. The highest BCUT2D eigenvalue weighted by molar-refractivity contribution is 5.86. The lowest BCUT2D eigenvalue weighted by Crippen LogP contribution is -2.49. The Morgan fingerprint density at radius 2 is 2.00 bits per heavy atom. The van der Waals surface area contributed by atoms with Crippen LogP contribution < -0.4 is 16.4 Å². The zero-order valence-corrected chi connectivity index (χ0v) is 9.02. The van der Waals surface area contributed by atoms with Crippen molar-refractivity contribution in [3.05, 3.63) is 0 Å². The molecule has 3 amide bonds. The number of nitrogens with two attached hydrogens (primary N) is 1. The molecule has 0 saturated heterocycles. The van der Waals surface area contributed by atoms with Crippen LogP contribution in [0.4, 0.5) is 4.79 Å². The zero-order valence-electron chi connectivity index (χ0n) is 9.02. The summed E-state index contributed by atoms with van der Waals surface area (Å²) in [5.74, 6) is -1.42. The van der Waals surface area contributed by atoms with Crippen LogP contribution in [0, 0.1) is 0 Å². The number of primary amides is 1. The van der Waals surface area contributed by atoms with Crippen molar-refractivity contribution in [2.24, 2.45) is 5.73 Å². The molecule has 0 aliphatic carbocycles. The predicted molar refractivity (Wildman–Crippen MR) is 53.2 cm³/mol. The predicted octanol–water partition coefficient (Wildman–Crippen LogP) is -2.31. The highest BCUT2D eigenvalue weighted by atomic mass is 16.5. The maximum atomic E-state index is 11.2. The second-order valence-corrected chi connectivity index (χ2v) is 3.01. The lowest BCUT2D eigenvalue weighted by Gasteiger charge is -2.14. The molecule has 2 unspecified atom stereocenters. The van der Waals surface area contributed by atoms with Crippen molar-refractivity contribution in [1.82, 2.24) is 10.6 Å². The highest BCUT2D eigenvalue weighted by Gasteiger charge is 2.19. The van der Waals surface area contributed by atoms with Crippen LogP contribution >= 0.6 is 0 Å². The molecule has 8 heteroatoms. The summed E-state index contributed by atoms with van der Waals surface area (Å²) in [5, 5.41) is 13.5. The Morgan fingerprint density at radius 3 is 2.44 bits per heavy atom. The summed E-state index contributed by atoms with van der Waals surface area (Å²) in [5.41, 5.74) is 4.80. The Hall–Kier alpha value is -1.83. The lowest BCUT2D eigenvalue weighted by atomic mass is 10.3. The van der Waals surface area contributed by atoms with Gasteiger partial charge in [-0.05, 0) is 6.92 Å². The first-order valence-electron chi connectivity index (χ1n) is 4.48. The third kappa shape index (κ3) is 5.15. The van der Waals surface area contributed by atoms with Gasteiger partial charge in [-0.1, -0.05) is 0 Å². The van der Waals surface area contributed by atoms with Gasteiger partial charge in [0.15, 0.2) is 6.10 Å². The molecule has 0 aromatic carbocycles. The van der Waals surface area contributed by atoms with Crippen molar-refractivity contribution < 1.29 is 24.2 Å². The molecule has 92 valence electrons. The van der Waals surface area contributed by atoms with Gasteiger partial charge in [-0.2, -0.15) is 0 Å². The van der Waals surface area contributed by atoms with E-state index < -0.39 is 30.1 Å². The van der Waals surface area contributed by atoms with Crippen LogP contribution in [0.15, 0.2) is 0 Å². The fourth-order valence-corrected chi connectivity index (χ4v) is 0.849. The van der Waals surface area contributed by atoms with Gasteiger partial charge in [-0.15, -0.1) is 0 Å². The fraction of sp³-hybridized carbons (Fsp3) is 0.625. The van der Waals surface area contributed by atoms with E-state index >= 15 is 0 Å². The van der Waals surface area contributed by atoms with Gasteiger partial charge in [0.2, 0.25) is 5.91 Å². The summed E-state index contributed by atoms with van der Waals surface area (Å²) in [7, 11) is 1.12. The molecule has 0 fully saturated rings. The molecular weight excluding hydrogens is 218 g/mol. The maximum Gasteiger partial charge on any atom is 0.336 e. The van der Waals surface area contributed by atoms with Crippen molar-refractivity contribution >= 4 is 17.9 Å². The summed E-state index contributed by atoms with van der Waals surface area (Å²) < 4.78 is 4.24. The minimum Gasteiger partial charge on any atom is -0.467 e. The number of nitrogens with one attached hydrogen (secondary N) is 2. The van der Waals surface area contributed by atoms with Crippen LogP contribution in [0.1, 0.15) is 6.92 Å². The molecular formula is C8H15N3O5.